The minimum absolute atomic E-state index is 0.364. The van der Waals surface area contributed by atoms with E-state index < -0.39 is 0 Å². The number of fused-ring (bicyclic) bond motifs is 1. The second-order valence-electron chi connectivity index (χ2n) is 2.63. The first kappa shape index (κ1) is 8.16. The predicted octanol–water partition coefficient (Wildman–Crippen LogP) is 2.39. The first-order valence-electron chi connectivity index (χ1n) is 3.84. The van der Waals surface area contributed by atoms with Crippen molar-refractivity contribution in [1.82, 2.24) is 0 Å². The van der Waals surface area contributed by atoms with E-state index in [-0.39, 0.29) is 0 Å². The van der Waals surface area contributed by atoms with Crippen LogP contribution in [-0.4, -0.2) is 11.2 Å². The zero-order valence-corrected chi connectivity index (χ0v) is 8.71. The van der Waals surface area contributed by atoms with Crippen LogP contribution in [-0.2, 0) is 6.42 Å². The Morgan fingerprint density at radius 1 is 1.25 bits per heavy atom. The van der Waals surface area contributed by atoms with Crippen molar-refractivity contribution < 1.29 is 9.47 Å². The molecular formula is C9H9IO2. The molecule has 2 rings (SSSR count). The van der Waals surface area contributed by atoms with Crippen LogP contribution in [0, 0.1) is 0 Å². The van der Waals surface area contributed by atoms with E-state index in [1.807, 2.05) is 6.07 Å². The Balaban J connectivity index is 2.26. The van der Waals surface area contributed by atoms with Crippen LogP contribution in [0.3, 0.4) is 0 Å². The summed E-state index contributed by atoms with van der Waals surface area (Å²) in [7, 11) is 0. The van der Waals surface area contributed by atoms with Crippen molar-refractivity contribution in [3.05, 3.63) is 23.8 Å². The second kappa shape index (κ2) is 3.51. The van der Waals surface area contributed by atoms with Gasteiger partial charge in [0.1, 0.15) is 0 Å². The van der Waals surface area contributed by atoms with Crippen molar-refractivity contribution in [2.24, 2.45) is 0 Å². The highest BCUT2D eigenvalue weighted by molar-refractivity contribution is 14.1. The van der Waals surface area contributed by atoms with Gasteiger partial charge in [-0.25, -0.2) is 0 Å². The maximum absolute atomic E-state index is 5.26. The minimum Gasteiger partial charge on any atom is -0.454 e. The van der Waals surface area contributed by atoms with Crippen LogP contribution in [0.2, 0.25) is 0 Å². The van der Waals surface area contributed by atoms with Gasteiger partial charge < -0.3 is 9.47 Å². The maximum atomic E-state index is 5.26. The molecule has 1 aromatic rings. The number of rotatable bonds is 2. The molecule has 3 heteroatoms. The molecule has 1 aliphatic rings. The molecule has 64 valence electrons. The fourth-order valence-corrected chi connectivity index (χ4v) is 1.83. The lowest BCUT2D eigenvalue weighted by molar-refractivity contribution is 0.174. The second-order valence-corrected chi connectivity index (χ2v) is 3.71. The van der Waals surface area contributed by atoms with Crippen LogP contribution in [0.4, 0.5) is 0 Å². The lowest BCUT2D eigenvalue weighted by Crippen LogP contribution is -1.92. The average molecular weight is 276 g/mol. The van der Waals surface area contributed by atoms with Gasteiger partial charge in [-0.15, -0.1) is 0 Å². The number of halogens is 1. The molecule has 0 radical (unpaired) electrons. The minimum atomic E-state index is 0.364. The Bertz CT molecular complexity index is 286. The van der Waals surface area contributed by atoms with Crippen molar-refractivity contribution in [3.63, 3.8) is 0 Å². The van der Waals surface area contributed by atoms with Crippen molar-refractivity contribution in [2.45, 2.75) is 6.42 Å². The molecule has 0 fully saturated rings. The highest BCUT2D eigenvalue weighted by atomic mass is 127. The summed E-state index contributed by atoms with van der Waals surface area (Å²) in [5.41, 5.74) is 1.31. The molecule has 0 spiro atoms. The van der Waals surface area contributed by atoms with E-state index in [0.29, 0.717) is 6.79 Å². The van der Waals surface area contributed by atoms with Gasteiger partial charge in [0.25, 0.3) is 0 Å². The number of alkyl halides is 1. The molecule has 2 nitrogen and oxygen atoms in total. The molecule has 1 aliphatic heterocycles. The number of aryl methyl sites for hydroxylation is 1. The van der Waals surface area contributed by atoms with E-state index in [9.17, 15) is 0 Å². The van der Waals surface area contributed by atoms with Gasteiger partial charge in [-0.1, -0.05) is 28.7 Å². The van der Waals surface area contributed by atoms with Crippen LogP contribution >= 0.6 is 22.6 Å². The monoisotopic (exact) mass is 276 g/mol. The zero-order chi connectivity index (χ0) is 8.39. The largest absolute Gasteiger partial charge is 0.454 e. The molecular weight excluding hydrogens is 267 g/mol. The summed E-state index contributed by atoms with van der Waals surface area (Å²) in [5, 5.41) is 0. The van der Waals surface area contributed by atoms with E-state index in [1.54, 1.807) is 0 Å². The normalized spacial score (nSPS) is 13.4. The molecule has 1 aromatic carbocycles. The first-order chi connectivity index (χ1) is 5.90. The fraction of sp³-hybridized carbons (Fsp3) is 0.333. The third-order valence-corrected chi connectivity index (χ3v) is 2.36. The number of hydrogen-bond acceptors (Lipinski definition) is 2. The lowest BCUT2D eigenvalue weighted by atomic mass is 10.1. The molecule has 0 saturated heterocycles. The van der Waals surface area contributed by atoms with E-state index in [1.165, 1.54) is 5.56 Å². The number of hydrogen-bond donors (Lipinski definition) is 0. The SMILES string of the molecule is ICCc1ccc2c(c1)OCO2. The molecule has 12 heavy (non-hydrogen) atoms. The Morgan fingerprint density at radius 3 is 2.92 bits per heavy atom. The summed E-state index contributed by atoms with van der Waals surface area (Å²) in [6.45, 7) is 0.364. The molecule has 0 amide bonds. The van der Waals surface area contributed by atoms with E-state index in [4.69, 9.17) is 9.47 Å². The van der Waals surface area contributed by atoms with Crippen LogP contribution in [0.5, 0.6) is 11.5 Å². The van der Waals surface area contributed by atoms with Crippen LogP contribution < -0.4 is 9.47 Å². The van der Waals surface area contributed by atoms with Gasteiger partial charge in [0.15, 0.2) is 11.5 Å². The molecule has 0 aromatic heterocycles. The topological polar surface area (TPSA) is 18.5 Å². The van der Waals surface area contributed by atoms with Gasteiger partial charge >= 0.3 is 0 Å². The van der Waals surface area contributed by atoms with Crippen LogP contribution in [0.15, 0.2) is 18.2 Å². The van der Waals surface area contributed by atoms with Gasteiger partial charge in [-0.05, 0) is 24.1 Å². The third kappa shape index (κ3) is 1.50. The highest BCUT2D eigenvalue weighted by Crippen LogP contribution is 2.32. The fourth-order valence-electron chi connectivity index (χ4n) is 1.21. The van der Waals surface area contributed by atoms with E-state index >= 15 is 0 Å². The van der Waals surface area contributed by atoms with Crippen molar-refractivity contribution in [1.29, 1.82) is 0 Å². The summed E-state index contributed by atoms with van der Waals surface area (Å²) in [4.78, 5) is 0. The van der Waals surface area contributed by atoms with Crippen molar-refractivity contribution >= 4 is 22.6 Å². The zero-order valence-electron chi connectivity index (χ0n) is 6.55. The Labute approximate surface area is 85.0 Å². The van der Waals surface area contributed by atoms with E-state index in [0.717, 1.165) is 22.3 Å². The average Bonchev–Trinajstić information content (AvgIpc) is 2.51. The molecule has 1 heterocycles. The van der Waals surface area contributed by atoms with Gasteiger partial charge in [-0.3, -0.25) is 0 Å². The molecule has 0 N–H and O–H groups in total. The van der Waals surface area contributed by atoms with Crippen LogP contribution in [0.1, 0.15) is 5.56 Å². The van der Waals surface area contributed by atoms with Gasteiger partial charge in [0.2, 0.25) is 6.79 Å². The smallest absolute Gasteiger partial charge is 0.231 e. The predicted molar refractivity (Wildman–Crippen MR) is 55.2 cm³/mol. The molecule has 0 unspecified atom stereocenters. The quantitative estimate of drug-likeness (QED) is 0.610. The van der Waals surface area contributed by atoms with Crippen LogP contribution in [0.25, 0.3) is 0 Å². The summed E-state index contributed by atoms with van der Waals surface area (Å²) in [6.07, 6.45) is 1.09. The molecule has 0 atom stereocenters. The summed E-state index contributed by atoms with van der Waals surface area (Å²) in [6, 6.07) is 6.12. The van der Waals surface area contributed by atoms with Gasteiger partial charge in [-0.2, -0.15) is 0 Å². The lowest BCUT2D eigenvalue weighted by Gasteiger charge is -1.99. The highest BCUT2D eigenvalue weighted by Gasteiger charge is 2.12. The molecule has 0 aliphatic carbocycles. The van der Waals surface area contributed by atoms with Crippen molar-refractivity contribution in [3.8, 4) is 11.5 Å². The number of benzene rings is 1. The third-order valence-electron chi connectivity index (χ3n) is 1.82. The summed E-state index contributed by atoms with van der Waals surface area (Å²) < 4.78 is 11.6. The molecule has 0 bridgehead atoms. The Morgan fingerprint density at radius 2 is 2.08 bits per heavy atom. The summed E-state index contributed by atoms with van der Waals surface area (Å²) in [5.74, 6) is 1.75. The Kier molecular flexibility index (Phi) is 2.39. The standard InChI is InChI=1S/C9H9IO2/c10-4-3-7-1-2-8-9(5-7)12-6-11-8/h1-2,5H,3-4,6H2. The molecule has 0 saturated carbocycles. The number of ether oxygens (including phenoxy) is 2. The summed E-state index contributed by atoms with van der Waals surface area (Å²) >= 11 is 2.37. The first-order valence-corrected chi connectivity index (χ1v) is 5.37. The van der Waals surface area contributed by atoms with Gasteiger partial charge in [0.05, 0.1) is 0 Å². The Hall–Kier alpha value is -0.450. The van der Waals surface area contributed by atoms with Gasteiger partial charge in [0, 0.05) is 4.43 Å². The maximum Gasteiger partial charge on any atom is 0.231 e. The van der Waals surface area contributed by atoms with Crippen molar-refractivity contribution in [2.75, 3.05) is 11.2 Å². The van der Waals surface area contributed by atoms with E-state index in [2.05, 4.69) is 34.7 Å².